The summed E-state index contributed by atoms with van der Waals surface area (Å²) in [6.45, 7) is 6.90. The third-order valence-electron chi connectivity index (χ3n) is 3.83. The maximum Gasteiger partial charge on any atom is 0.259 e. The van der Waals surface area contributed by atoms with Crippen molar-refractivity contribution < 1.29 is 8.42 Å². The molecule has 2 heterocycles. The lowest BCUT2D eigenvalue weighted by atomic mass is 10.1. The second-order valence-corrected chi connectivity index (χ2v) is 8.05. The highest BCUT2D eigenvalue weighted by molar-refractivity contribution is 7.89. The first-order valence-electron chi connectivity index (χ1n) is 7.77. The van der Waals surface area contributed by atoms with Crippen molar-refractivity contribution in [1.82, 2.24) is 19.6 Å². The standard InChI is InChI=1S/C16H22N4O2S/c1-12(2)9-20-10-16(18-11-20)23(21,22)19-6-13-3-4-14-7-17-8-15(14)5-13/h3-5,10-12,17,19H,6-9H2,1-2H3. The number of nitrogens with zero attached hydrogens (tertiary/aromatic N) is 2. The lowest BCUT2D eigenvalue weighted by Crippen LogP contribution is -2.23. The van der Waals surface area contributed by atoms with Crippen LogP contribution >= 0.6 is 0 Å². The summed E-state index contributed by atoms with van der Waals surface area (Å²) in [5.74, 6) is 0.438. The van der Waals surface area contributed by atoms with Crippen molar-refractivity contribution in [2.75, 3.05) is 0 Å². The van der Waals surface area contributed by atoms with Crippen LogP contribution in [0.1, 0.15) is 30.5 Å². The summed E-state index contributed by atoms with van der Waals surface area (Å²) in [6.07, 6.45) is 3.14. The van der Waals surface area contributed by atoms with E-state index in [0.29, 0.717) is 5.92 Å². The Morgan fingerprint density at radius 2 is 2.09 bits per heavy atom. The van der Waals surface area contributed by atoms with Gasteiger partial charge in [-0.1, -0.05) is 32.0 Å². The normalized spacial score (nSPS) is 14.4. The van der Waals surface area contributed by atoms with Gasteiger partial charge in [0.05, 0.1) is 6.33 Å². The van der Waals surface area contributed by atoms with Gasteiger partial charge in [-0.15, -0.1) is 0 Å². The highest BCUT2D eigenvalue weighted by Gasteiger charge is 2.18. The van der Waals surface area contributed by atoms with Crippen LogP contribution in [0.15, 0.2) is 35.7 Å². The third kappa shape index (κ3) is 3.80. The molecular formula is C16H22N4O2S. The zero-order valence-electron chi connectivity index (χ0n) is 13.4. The molecule has 2 N–H and O–H groups in total. The highest BCUT2D eigenvalue weighted by Crippen LogP contribution is 2.17. The Morgan fingerprint density at radius 3 is 2.87 bits per heavy atom. The van der Waals surface area contributed by atoms with Crippen molar-refractivity contribution in [1.29, 1.82) is 0 Å². The predicted octanol–water partition coefficient (Wildman–Crippen LogP) is 1.62. The van der Waals surface area contributed by atoms with E-state index in [-0.39, 0.29) is 11.6 Å². The van der Waals surface area contributed by atoms with Crippen LogP contribution in [0.4, 0.5) is 0 Å². The van der Waals surface area contributed by atoms with Crippen LogP contribution in [0, 0.1) is 5.92 Å². The largest absolute Gasteiger partial charge is 0.336 e. The van der Waals surface area contributed by atoms with Gasteiger partial charge in [0, 0.05) is 32.4 Å². The molecule has 23 heavy (non-hydrogen) atoms. The van der Waals surface area contributed by atoms with E-state index in [9.17, 15) is 8.42 Å². The molecule has 7 heteroatoms. The predicted molar refractivity (Wildman–Crippen MR) is 88.1 cm³/mol. The van der Waals surface area contributed by atoms with Gasteiger partial charge in [0.15, 0.2) is 5.03 Å². The number of benzene rings is 1. The van der Waals surface area contributed by atoms with Gasteiger partial charge in [0.2, 0.25) is 0 Å². The number of rotatable bonds is 6. The SMILES string of the molecule is CC(C)Cn1cnc(S(=O)(=O)NCc2ccc3c(c2)CNC3)c1. The molecule has 0 aliphatic carbocycles. The number of hydrogen-bond acceptors (Lipinski definition) is 4. The quantitative estimate of drug-likeness (QED) is 0.842. The van der Waals surface area contributed by atoms with E-state index in [0.717, 1.165) is 25.2 Å². The molecule has 0 amide bonds. The van der Waals surface area contributed by atoms with Crippen molar-refractivity contribution >= 4 is 10.0 Å². The van der Waals surface area contributed by atoms with Gasteiger partial charge < -0.3 is 9.88 Å². The van der Waals surface area contributed by atoms with Gasteiger partial charge in [-0.05, 0) is 22.6 Å². The van der Waals surface area contributed by atoms with Crippen LogP contribution in [0.5, 0.6) is 0 Å². The molecule has 0 radical (unpaired) electrons. The van der Waals surface area contributed by atoms with Gasteiger partial charge >= 0.3 is 0 Å². The van der Waals surface area contributed by atoms with E-state index < -0.39 is 10.0 Å². The lowest BCUT2D eigenvalue weighted by Gasteiger charge is -2.07. The molecule has 0 saturated carbocycles. The summed E-state index contributed by atoms with van der Waals surface area (Å²) in [6, 6.07) is 6.07. The van der Waals surface area contributed by atoms with Crippen LogP contribution in [-0.2, 0) is 36.2 Å². The molecule has 1 aromatic heterocycles. The van der Waals surface area contributed by atoms with E-state index in [2.05, 4.69) is 41.0 Å². The minimum atomic E-state index is -3.59. The van der Waals surface area contributed by atoms with Gasteiger partial charge in [-0.25, -0.2) is 18.1 Å². The third-order valence-corrected chi connectivity index (χ3v) is 5.11. The molecule has 124 valence electrons. The molecule has 0 fully saturated rings. The summed E-state index contributed by atoms with van der Waals surface area (Å²) in [5.41, 5.74) is 3.48. The Bertz CT molecular complexity index is 796. The molecule has 6 nitrogen and oxygen atoms in total. The van der Waals surface area contributed by atoms with Crippen LogP contribution in [-0.4, -0.2) is 18.0 Å². The molecule has 1 aromatic carbocycles. The summed E-state index contributed by atoms with van der Waals surface area (Å²) < 4.78 is 29.1. The van der Waals surface area contributed by atoms with Gasteiger partial charge in [-0.3, -0.25) is 0 Å². The van der Waals surface area contributed by atoms with Crippen LogP contribution in [0.2, 0.25) is 0 Å². The zero-order chi connectivity index (χ0) is 16.4. The molecule has 1 aliphatic rings. The molecule has 2 aromatic rings. The highest BCUT2D eigenvalue weighted by atomic mass is 32.2. The first kappa shape index (κ1) is 16.2. The van der Waals surface area contributed by atoms with Gasteiger partial charge in [0.1, 0.15) is 0 Å². The average molecular weight is 334 g/mol. The molecule has 0 unspecified atom stereocenters. The van der Waals surface area contributed by atoms with Gasteiger partial charge in [-0.2, -0.15) is 0 Å². The van der Waals surface area contributed by atoms with Crippen molar-refractivity contribution in [3.05, 3.63) is 47.4 Å². The molecular weight excluding hydrogens is 312 g/mol. The molecule has 0 spiro atoms. The summed E-state index contributed by atoms with van der Waals surface area (Å²) in [4.78, 5) is 4.01. The second-order valence-electron chi connectivity index (χ2n) is 6.33. The van der Waals surface area contributed by atoms with E-state index in [1.807, 2.05) is 6.07 Å². The molecule has 1 aliphatic heterocycles. The van der Waals surface area contributed by atoms with Crippen LogP contribution in [0.3, 0.4) is 0 Å². The fourth-order valence-corrected chi connectivity index (χ4v) is 3.67. The minimum Gasteiger partial charge on any atom is -0.336 e. The fourth-order valence-electron chi connectivity index (χ4n) is 2.71. The summed E-state index contributed by atoms with van der Waals surface area (Å²) >= 11 is 0. The van der Waals surface area contributed by atoms with E-state index in [4.69, 9.17) is 0 Å². The smallest absolute Gasteiger partial charge is 0.259 e. The lowest BCUT2D eigenvalue weighted by molar-refractivity contribution is 0.521. The summed E-state index contributed by atoms with van der Waals surface area (Å²) in [7, 11) is -3.59. The van der Waals surface area contributed by atoms with Crippen molar-refractivity contribution in [3.63, 3.8) is 0 Å². The summed E-state index contributed by atoms with van der Waals surface area (Å²) in [5, 5.41) is 3.35. The molecule has 0 bridgehead atoms. The zero-order valence-corrected chi connectivity index (χ0v) is 14.2. The number of hydrogen-bond donors (Lipinski definition) is 2. The van der Waals surface area contributed by atoms with Crippen LogP contribution < -0.4 is 10.0 Å². The maximum atomic E-state index is 12.3. The topological polar surface area (TPSA) is 76.0 Å². The Labute approximate surface area is 137 Å². The van der Waals surface area contributed by atoms with Crippen LogP contribution in [0.25, 0.3) is 0 Å². The van der Waals surface area contributed by atoms with Crippen molar-refractivity contribution in [2.45, 2.75) is 45.1 Å². The Balaban J connectivity index is 1.68. The van der Waals surface area contributed by atoms with Gasteiger partial charge in [0.25, 0.3) is 10.0 Å². The first-order valence-corrected chi connectivity index (χ1v) is 9.25. The van der Waals surface area contributed by atoms with E-state index in [1.165, 1.54) is 11.1 Å². The van der Waals surface area contributed by atoms with Crippen molar-refractivity contribution in [2.24, 2.45) is 5.92 Å². The number of sulfonamides is 1. The number of nitrogens with one attached hydrogen (secondary N) is 2. The monoisotopic (exact) mass is 334 g/mol. The number of fused-ring (bicyclic) bond motifs is 1. The number of imidazole rings is 1. The first-order chi connectivity index (χ1) is 10.9. The fraction of sp³-hybridized carbons (Fsp3) is 0.438. The molecule has 0 saturated heterocycles. The minimum absolute atomic E-state index is 0.0703. The Morgan fingerprint density at radius 1 is 1.30 bits per heavy atom. The average Bonchev–Trinajstić information content (AvgIpc) is 3.13. The second kappa shape index (κ2) is 6.43. The van der Waals surface area contributed by atoms with E-state index in [1.54, 1.807) is 17.1 Å². The molecule has 3 rings (SSSR count). The van der Waals surface area contributed by atoms with Crippen molar-refractivity contribution in [3.8, 4) is 0 Å². The Hall–Kier alpha value is -1.70. The van der Waals surface area contributed by atoms with E-state index >= 15 is 0 Å². The Kier molecular flexibility index (Phi) is 4.52. The molecule has 0 atom stereocenters. The maximum absolute atomic E-state index is 12.3. The number of aromatic nitrogens is 2.